The van der Waals surface area contributed by atoms with Crippen LogP contribution in [0.5, 0.6) is 28.7 Å². The van der Waals surface area contributed by atoms with Crippen LogP contribution >= 0.6 is 23.2 Å². The van der Waals surface area contributed by atoms with Gasteiger partial charge in [-0.15, -0.1) is 0 Å². The van der Waals surface area contributed by atoms with E-state index in [1.807, 2.05) is 110 Å². The first-order valence-electron chi connectivity index (χ1n) is 34.5. The van der Waals surface area contributed by atoms with Crippen molar-refractivity contribution in [1.82, 2.24) is 21.4 Å². The first kappa shape index (κ1) is 79.9. The SMILES string of the molecule is COC(=O)[C@@]1(Cc2ccc(OCc3ccc(Cl)c(Cl)c3)cc2)C[C@@H]1C(=O)NO.COC(=O)[C@]1(c2cccc(OCCc3cccc(OC)c3)c2)C[C@H]1C(=O)NO.COC(=O)[C@]1(c2cccc(OCc3cc(C)nc4ccccc34)c2)C[C@H]1C(=O)O.NC(=O)[C@]1(c2cccc(OCc3ccccc3)c2)C[C@H]1C(=O)NO. The maximum Gasteiger partial charge on any atom is 0.317 e. The number of primary amides is 1. The third kappa shape index (κ3) is 18.3. The van der Waals surface area contributed by atoms with Gasteiger partial charge in [-0.25, -0.2) is 16.4 Å². The number of nitrogens with two attached hydrogens (primary N) is 1. The van der Waals surface area contributed by atoms with E-state index in [4.69, 9.17) is 82.5 Å². The highest BCUT2D eigenvalue weighted by atomic mass is 35.5. The molecule has 8 atom stereocenters. The number of nitrogens with zero attached hydrogens (tertiary/aromatic N) is 1. The summed E-state index contributed by atoms with van der Waals surface area (Å²) in [4.78, 5) is 100. The number of hydroxylamine groups is 3. The Morgan fingerprint density at radius 1 is 0.459 bits per heavy atom. The molecule has 0 bridgehead atoms. The number of nitrogens with one attached hydrogen (secondary N) is 3. The maximum atomic E-state index is 12.4. The lowest BCUT2D eigenvalue weighted by Gasteiger charge is -2.16. The zero-order chi connectivity index (χ0) is 78.2. The summed E-state index contributed by atoms with van der Waals surface area (Å²) in [5, 5.41) is 37.9. The lowest BCUT2D eigenvalue weighted by Crippen LogP contribution is -2.35. The summed E-state index contributed by atoms with van der Waals surface area (Å²) in [5.74, 6) is -4.37. The van der Waals surface area contributed by atoms with Crippen molar-refractivity contribution in [2.75, 3.05) is 35.0 Å². The number of amides is 4. The third-order valence-corrected chi connectivity index (χ3v) is 20.7. The highest BCUT2D eigenvalue weighted by Crippen LogP contribution is 2.59. The number of aliphatic carboxylic acids is 1. The number of carboxylic acid groups (broad SMARTS) is 1. The van der Waals surface area contributed by atoms with E-state index in [0.29, 0.717) is 95.4 Å². The normalized spacial score (nSPS) is 20.6. The van der Waals surface area contributed by atoms with Gasteiger partial charge in [-0.05, 0) is 163 Å². The van der Waals surface area contributed by atoms with Crippen molar-refractivity contribution in [3.8, 4) is 28.7 Å². The number of ether oxygens (including phenoxy) is 8. The molecule has 13 rings (SSSR count). The second-order valence-corrected chi connectivity index (χ2v) is 27.4. The minimum atomic E-state index is -1.14. The molecular formula is C82H81Cl2N5O20. The van der Waals surface area contributed by atoms with E-state index in [9.17, 15) is 43.5 Å². The highest BCUT2D eigenvalue weighted by molar-refractivity contribution is 6.42. The van der Waals surface area contributed by atoms with Crippen LogP contribution in [-0.4, -0.2) is 108 Å². The van der Waals surface area contributed by atoms with E-state index >= 15 is 0 Å². The monoisotopic (exact) mass is 1530 g/mol. The van der Waals surface area contributed by atoms with E-state index in [-0.39, 0.29) is 19.3 Å². The van der Waals surface area contributed by atoms with Crippen molar-refractivity contribution in [3.63, 3.8) is 0 Å². The fourth-order valence-corrected chi connectivity index (χ4v) is 14.0. The summed E-state index contributed by atoms with van der Waals surface area (Å²) >= 11 is 11.9. The number of benzene rings is 8. The van der Waals surface area contributed by atoms with E-state index in [1.165, 1.54) is 21.3 Å². The molecule has 0 saturated heterocycles. The second kappa shape index (κ2) is 35.4. The van der Waals surface area contributed by atoms with Crippen LogP contribution in [0.25, 0.3) is 10.9 Å². The molecule has 4 saturated carbocycles. The Bertz CT molecular complexity index is 4820. The first-order valence-corrected chi connectivity index (χ1v) is 35.2. The van der Waals surface area contributed by atoms with Crippen LogP contribution in [0.4, 0.5) is 0 Å². The minimum Gasteiger partial charge on any atom is -0.497 e. The number of hydrogen-bond donors (Lipinski definition) is 8. The van der Waals surface area contributed by atoms with Crippen LogP contribution in [0.2, 0.25) is 10.0 Å². The molecule has 568 valence electrons. The molecule has 0 aliphatic heterocycles. The molecule has 25 nitrogen and oxygen atoms in total. The van der Waals surface area contributed by atoms with Gasteiger partial charge in [0.1, 0.15) is 59.4 Å². The number of fused-ring (bicyclic) bond motifs is 1. The standard InChI is InChI=1S/C23H21NO5.C21H23NO6.C20H19Cl2NO5.C18H18N2O4/c1-14-10-15(18-8-3-4-9-20(18)24-14)13-29-17-7-5-6-16(11-17)23(22(27)28-2)12-19(23)21(25)26;1-26-16-7-3-5-14(11-16)9-10-28-17-8-4-6-15(12-17)21(20(24)27-2)13-18(21)19(23)22-25;1-27-19(25)20(10-15(20)18(24)23-26)9-12-2-5-14(6-3-12)28-11-13-4-7-16(21)17(22)8-13;19-17(22)18(10-15(18)16(21)20-23)13-7-4-8-14(9-13)24-11-12-5-2-1-3-6-12/h3-11,19H,12-13H2,1-2H3,(H,25,26);3-8,11-12,18,25H,9-10,13H2,1-2H3,(H,22,23);2-8,15,26H,9-11H2,1H3,(H,23,24);1-9,15,23H,10-11H2,(H2,19,22)(H,20,21)/t19-,23-;18-,21-;15-,20+;15-,18-/m0010/s1. The number of para-hydroxylation sites is 1. The highest BCUT2D eigenvalue weighted by Gasteiger charge is 2.68. The summed E-state index contributed by atoms with van der Waals surface area (Å²) in [6, 6.07) is 61.0. The Labute approximate surface area is 637 Å². The van der Waals surface area contributed by atoms with Crippen molar-refractivity contribution in [1.29, 1.82) is 0 Å². The van der Waals surface area contributed by atoms with Crippen molar-refractivity contribution in [2.24, 2.45) is 34.8 Å². The van der Waals surface area contributed by atoms with Gasteiger partial charge in [-0.1, -0.05) is 138 Å². The number of aryl methyl sites for hydroxylation is 1. The molecule has 4 aliphatic carbocycles. The largest absolute Gasteiger partial charge is 0.497 e. The first-order chi connectivity index (χ1) is 52.5. The Hall–Kier alpha value is -11.6. The molecule has 109 heavy (non-hydrogen) atoms. The number of pyridine rings is 1. The molecule has 8 aromatic carbocycles. The van der Waals surface area contributed by atoms with Crippen LogP contribution in [0.15, 0.2) is 200 Å². The fraction of sp³-hybridized carbons (Fsp3) is 0.280. The van der Waals surface area contributed by atoms with Crippen molar-refractivity contribution in [2.45, 2.75) is 81.5 Å². The Morgan fingerprint density at radius 2 is 0.945 bits per heavy atom. The molecule has 9 N–H and O–H groups in total. The average Bonchev–Trinajstić information content (AvgIpc) is 1.58. The molecule has 0 spiro atoms. The van der Waals surface area contributed by atoms with Gasteiger partial charge in [0, 0.05) is 23.1 Å². The molecule has 4 aliphatic rings. The predicted molar refractivity (Wildman–Crippen MR) is 397 cm³/mol. The number of carbonyl (C=O) groups is 8. The average molecular weight is 1530 g/mol. The number of carboxylic acids is 1. The smallest absolute Gasteiger partial charge is 0.317 e. The lowest BCUT2D eigenvalue weighted by atomic mass is 9.92. The van der Waals surface area contributed by atoms with E-state index < -0.39 is 92.8 Å². The van der Waals surface area contributed by atoms with Crippen molar-refractivity contribution in [3.05, 3.63) is 260 Å². The van der Waals surface area contributed by atoms with Crippen LogP contribution in [-0.2, 0) is 101 Å². The number of halogens is 2. The topological polar surface area (TPSA) is 366 Å². The van der Waals surface area contributed by atoms with Gasteiger partial charge < -0.3 is 48.7 Å². The minimum absolute atomic E-state index is 0.229. The van der Waals surface area contributed by atoms with Gasteiger partial charge in [-0.3, -0.25) is 59.0 Å². The molecule has 4 fully saturated rings. The third-order valence-electron chi connectivity index (χ3n) is 19.9. The Balaban J connectivity index is 0.000000155. The molecular weight excluding hydrogens is 1450 g/mol. The van der Waals surface area contributed by atoms with Crippen molar-refractivity contribution >= 4 is 81.6 Å². The fourth-order valence-electron chi connectivity index (χ4n) is 13.7. The molecule has 9 aromatic rings. The lowest BCUT2D eigenvalue weighted by molar-refractivity contribution is -0.149. The van der Waals surface area contributed by atoms with Crippen LogP contribution < -0.4 is 45.9 Å². The number of aromatic nitrogens is 1. The van der Waals surface area contributed by atoms with Crippen molar-refractivity contribution < 1.29 is 97.0 Å². The summed E-state index contributed by atoms with van der Waals surface area (Å²) in [7, 11) is 5.47. The predicted octanol–water partition coefficient (Wildman–Crippen LogP) is 11.2. The van der Waals surface area contributed by atoms with Gasteiger partial charge in [0.2, 0.25) is 23.6 Å². The molecule has 1 heterocycles. The van der Waals surface area contributed by atoms with Crippen LogP contribution in [0.1, 0.15) is 75.9 Å². The van der Waals surface area contributed by atoms with Gasteiger partial charge in [0.25, 0.3) is 0 Å². The number of esters is 3. The number of rotatable bonds is 27. The molecule has 0 radical (unpaired) electrons. The second-order valence-electron chi connectivity index (χ2n) is 26.6. The van der Waals surface area contributed by atoms with Gasteiger partial charge in [-0.2, -0.15) is 0 Å². The zero-order valence-electron chi connectivity index (χ0n) is 60.0. The zero-order valence-corrected chi connectivity index (χ0v) is 61.5. The Kier molecular flexibility index (Phi) is 26.0. The molecule has 4 amide bonds. The number of methoxy groups -OCH3 is 4. The molecule has 0 unspecified atom stereocenters. The van der Waals surface area contributed by atoms with Gasteiger partial charge in [0.15, 0.2) is 0 Å². The van der Waals surface area contributed by atoms with E-state index in [0.717, 1.165) is 50.2 Å². The maximum absolute atomic E-state index is 12.4. The van der Waals surface area contributed by atoms with E-state index in [2.05, 4.69) is 4.98 Å². The van der Waals surface area contributed by atoms with E-state index in [1.54, 1.807) is 121 Å². The van der Waals surface area contributed by atoms with Crippen LogP contribution in [0, 0.1) is 36.0 Å². The molecule has 27 heteroatoms. The molecule has 1 aromatic heterocycles. The van der Waals surface area contributed by atoms with Crippen LogP contribution in [0.3, 0.4) is 0 Å². The summed E-state index contributed by atoms with van der Waals surface area (Å²) in [6.45, 7) is 3.45. The summed E-state index contributed by atoms with van der Waals surface area (Å²) in [5.41, 5.74) is 14.6. The van der Waals surface area contributed by atoms with Gasteiger partial charge >= 0.3 is 23.9 Å². The summed E-state index contributed by atoms with van der Waals surface area (Å²) in [6.07, 6.45) is 2.15. The summed E-state index contributed by atoms with van der Waals surface area (Å²) < 4.78 is 43.2. The number of hydrogen-bond acceptors (Lipinski definition) is 20. The number of carbonyl (C=O) groups excluding carboxylic acids is 7. The van der Waals surface area contributed by atoms with Gasteiger partial charge in [0.05, 0.1) is 85.1 Å². The Morgan fingerprint density at radius 3 is 1.51 bits per heavy atom. The quantitative estimate of drug-likeness (QED) is 0.0103.